The summed E-state index contributed by atoms with van der Waals surface area (Å²) in [6.45, 7) is 1.97. The van der Waals surface area contributed by atoms with E-state index in [9.17, 15) is 23.9 Å². The van der Waals surface area contributed by atoms with E-state index in [0.717, 1.165) is 18.9 Å². The largest absolute Gasteiger partial charge is 0.493 e. The standard InChI is InChI=1S/C22H26F2N2O4/c1-12-15(11-25)18(14-6-7-16(23)19(24)20(14)30-3)22(21(27)28,10-13-4-5-13)17(26-12)8-9-29-2/h6-7,13,15,17-18H,4-5,8-10H2,1-3H3,(H,27,28). The van der Waals surface area contributed by atoms with Crippen molar-refractivity contribution in [2.75, 3.05) is 20.8 Å². The molecule has 0 bridgehead atoms. The Morgan fingerprint density at radius 1 is 1.37 bits per heavy atom. The van der Waals surface area contributed by atoms with Gasteiger partial charge in [0.2, 0.25) is 5.82 Å². The molecule has 0 spiro atoms. The molecule has 2 aliphatic rings. The molecule has 1 aliphatic carbocycles. The number of nitriles is 1. The second-order valence-electron chi connectivity index (χ2n) is 8.13. The monoisotopic (exact) mass is 420 g/mol. The van der Waals surface area contributed by atoms with Gasteiger partial charge in [-0.05, 0) is 31.7 Å². The average molecular weight is 420 g/mol. The van der Waals surface area contributed by atoms with Crippen LogP contribution in [0.15, 0.2) is 17.1 Å². The summed E-state index contributed by atoms with van der Waals surface area (Å²) in [6, 6.07) is 3.80. The Bertz CT molecular complexity index is 894. The van der Waals surface area contributed by atoms with Gasteiger partial charge in [-0.1, -0.05) is 18.9 Å². The molecule has 4 unspecified atom stereocenters. The summed E-state index contributed by atoms with van der Waals surface area (Å²) in [7, 11) is 2.73. The van der Waals surface area contributed by atoms with Gasteiger partial charge in [0, 0.05) is 30.9 Å². The second-order valence-corrected chi connectivity index (χ2v) is 8.13. The smallest absolute Gasteiger partial charge is 0.312 e. The molecule has 1 fully saturated rings. The molecular weight excluding hydrogens is 394 g/mol. The van der Waals surface area contributed by atoms with Gasteiger partial charge in [0.1, 0.15) is 0 Å². The van der Waals surface area contributed by atoms with E-state index in [2.05, 4.69) is 11.1 Å². The molecule has 6 nitrogen and oxygen atoms in total. The first kappa shape index (κ1) is 22.2. The van der Waals surface area contributed by atoms with Crippen molar-refractivity contribution >= 4 is 11.7 Å². The van der Waals surface area contributed by atoms with Crippen LogP contribution in [0.5, 0.6) is 5.75 Å². The fourth-order valence-electron chi connectivity index (χ4n) is 4.79. The number of carbonyl (C=O) groups is 1. The fourth-order valence-corrected chi connectivity index (χ4v) is 4.79. The number of methoxy groups -OCH3 is 2. The van der Waals surface area contributed by atoms with Crippen molar-refractivity contribution in [3.63, 3.8) is 0 Å². The highest BCUT2D eigenvalue weighted by Crippen LogP contribution is 2.57. The molecule has 1 N–H and O–H groups in total. The lowest BCUT2D eigenvalue weighted by molar-refractivity contribution is -0.154. The lowest BCUT2D eigenvalue weighted by atomic mass is 9.57. The Kier molecular flexibility index (Phi) is 6.41. The summed E-state index contributed by atoms with van der Waals surface area (Å²) in [5.41, 5.74) is -0.803. The topological polar surface area (TPSA) is 91.9 Å². The molecule has 1 aromatic rings. The Balaban J connectivity index is 2.29. The van der Waals surface area contributed by atoms with E-state index in [1.54, 1.807) is 6.92 Å². The molecule has 30 heavy (non-hydrogen) atoms. The number of carboxylic acid groups (broad SMARTS) is 1. The van der Waals surface area contributed by atoms with Crippen molar-refractivity contribution in [3.05, 3.63) is 29.3 Å². The third kappa shape index (κ3) is 3.67. The van der Waals surface area contributed by atoms with Crippen LogP contribution in [-0.2, 0) is 9.53 Å². The van der Waals surface area contributed by atoms with E-state index in [1.807, 2.05) is 0 Å². The second kappa shape index (κ2) is 8.68. The van der Waals surface area contributed by atoms with E-state index >= 15 is 0 Å². The van der Waals surface area contributed by atoms with Crippen molar-refractivity contribution in [1.29, 1.82) is 5.26 Å². The third-order valence-corrected chi connectivity index (χ3v) is 6.37. The van der Waals surface area contributed by atoms with E-state index < -0.39 is 40.9 Å². The normalized spacial score (nSPS) is 28.5. The summed E-state index contributed by atoms with van der Waals surface area (Å²) in [6.07, 6.45) is 2.44. The maximum absolute atomic E-state index is 14.6. The number of rotatable bonds is 8. The van der Waals surface area contributed by atoms with Crippen molar-refractivity contribution in [2.45, 2.75) is 44.6 Å². The molecule has 1 aromatic carbocycles. The van der Waals surface area contributed by atoms with Gasteiger partial charge in [-0.15, -0.1) is 0 Å². The van der Waals surface area contributed by atoms with Gasteiger partial charge in [0.25, 0.3) is 0 Å². The lowest BCUT2D eigenvalue weighted by Gasteiger charge is -2.47. The number of aliphatic imine (C=N–C) groups is 1. The minimum absolute atomic E-state index is 0.183. The lowest BCUT2D eigenvalue weighted by Crippen LogP contribution is -2.53. The minimum Gasteiger partial charge on any atom is -0.493 e. The maximum atomic E-state index is 14.6. The first-order chi connectivity index (χ1) is 14.3. The Morgan fingerprint density at radius 3 is 2.60 bits per heavy atom. The molecule has 1 saturated carbocycles. The van der Waals surface area contributed by atoms with E-state index in [0.29, 0.717) is 25.2 Å². The molecule has 0 radical (unpaired) electrons. The van der Waals surface area contributed by atoms with Crippen LogP contribution in [0.1, 0.15) is 44.1 Å². The Morgan fingerprint density at radius 2 is 2.07 bits per heavy atom. The summed E-state index contributed by atoms with van der Waals surface area (Å²) >= 11 is 0. The van der Waals surface area contributed by atoms with Gasteiger partial charge >= 0.3 is 5.97 Å². The molecule has 3 rings (SSSR count). The Labute approximate surface area is 174 Å². The van der Waals surface area contributed by atoms with Crippen molar-refractivity contribution in [3.8, 4) is 11.8 Å². The molecule has 162 valence electrons. The third-order valence-electron chi connectivity index (χ3n) is 6.37. The quantitative estimate of drug-likeness (QED) is 0.688. The first-order valence-electron chi connectivity index (χ1n) is 9.99. The van der Waals surface area contributed by atoms with Crippen LogP contribution in [0, 0.1) is 40.2 Å². The molecule has 0 aromatic heterocycles. The number of halogens is 2. The minimum atomic E-state index is -1.46. The SMILES string of the molecule is COCCC1N=C(C)C(C#N)C(c2ccc(F)c(F)c2OC)C1(CC1CC1)C(=O)O. The van der Waals surface area contributed by atoms with E-state index in [1.165, 1.54) is 20.3 Å². The number of hydrogen-bond acceptors (Lipinski definition) is 5. The summed E-state index contributed by atoms with van der Waals surface area (Å²) in [5, 5.41) is 20.5. The van der Waals surface area contributed by atoms with Crippen molar-refractivity contribution in [1.82, 2.24) is 0 Å². The number of carboxylic acids is 1. The van der Waals surface area contributed by atoms with Crippen LogP contribution in [0.3, 0.4) is 0 Å². The van der Waals surface area contributed by atoms with Crippen LogP contribution in [0.25, 0.3) is 0 Å². The van der Waals surface area contributed by atoms with Crippen LogP contribution < -0.4 is 4.74 Å². The Hall–Kier alpha value is -2.53. The molecule has 0 amide bonds. The summed E-state index contributed by atoms with van der Waals surface area (Å²) < 4.78 is 38.9. The number of hydrogen-bond donors (Lipinski definition) is 1. The van der Waals surface area contributed by atoms with Gasteiger partial charge in [-0.3, -0.25) is 9.79 Å². The van der Waals surface area contributed by atoms with Gasteiger partial charge in [-0.2, -0.15) is 9.65 Å². The highest BCUT2D eigenvalue weighted by molar-refractivity contribution is 5.92. The number of benzene rings is 1. The highest BCUT2D eigenvalue weighted by atomic mass is 19.2. The molecule has 4 atom stereocenters. The fraction of sp³-hybridized carbons (Fsp3) is 0.591. The molecule has 8 heteroatoms. The maximum Gasteiger partial charge on any atom is 0.312 e. The van der Waals surface area contributed by atoms with Crippen LogP contribution in [-0.4, -0.2) is 43.7 Å². The molecule has 0 saturated heterocycles. The number of ether oxygens (including phenoxy) is 2. The number of aliphatic carboxylic acids is 1. The van der Waals surface area contributed by atoms with Gasteiger partial charge in [-0.25, -0.2) is 4.39 Å². The van der Waals surface area contributed by atoms with Crippen LogP contribution in [0.2, 0.25) is 0 Å². The highest BCUT2D eigenvalue weighted by Gasteiger charge is 2.60. The van der Waals surface area contributed by atoms with E-state index in [-0.39, 0.29) is 17.2 Å². The zero-order valence-corrected chi connectivity index (χ0v) is 17.3. The van der Waals surface area contributed by atoms with Gasteiger partial charge in [0.05, 0.1) is 30.6 Å². The van der Waals surface area contributed by atoms with Crippen LogP contribution >= 0.6 is 0 Å². The number of nitrogens with zero attached hydrogens (tertiary/aromatic N) is 2. The molecule has 1 heterocycles. The van der Waals surface area contributed by atoms with Crippen LogP contribution in [0.4, 0.5) is 8.78 Å². The average Bonchev–Trinajstić information content (AvgIpc) is 3.53. The van der Waals surface area contributed by atoms with Gasteiger partial charge in [0.15, 0.2) is 11.6 Å². The zero-order valence-electron chi connectivity index (χ0n) is 17.3. The predicted molar refractivity (Wildman–Crippen MR) is 106 cm³/mol. The van der Waals surface area contributed by atoms with Crippen molar-refractivity contribution in [2.24, 2.45) is 22.2 Å². The summed E-state index contributed by atoms with van der Waals surface area (Å²) in [4.78, 5) is 17.5. The molecule has 1 aliphatic heterocycles. The zero-order chi connectivity index (χ0) is 22.1. The van der Waals surface area contributed by atoms with Crippen molar-refractivity contribution < 1.29 is 28.2 Å². The predicted octanol–water partition coefficient (Wildman–Crippen LogP) is 3.95. The van der Waals surface area contributed by atoms with E-state index in [4.69, 9.17) is 9.47 Å². The first-order valence-corrected chi connectivity index (χ1v) is 9.99. The molecular formula is C22H26F2N2O4. The summed E-state index contributed by atoms with van der Waals surface area (Å²) in [5.74, 6) is -5.39. The van der Waals surface area contributed by atoms with Gasteiger partial charge < -0.3 is 14.6 Å².